The van der Waals surface area contributed by atoms with Gasteiger partial charge in [0.15, 0.2) is 0 Å². The van der Waals surface area contributed by atoms with E-state index >= 15 is 0 Å². The molecular formula is C10H20N2O3. The first-order valence-electron chi connectivity index (χ1n) is 5.04. The van der Waals surface area contributed by atoms with Crippen molar-refractivity contribution in [3.8, 4) is 0 Å². The highest BCUT2D eigenvalue weighted by Gasteiger charge is 2.15. The zero-order valence-electron chi connectivity index (χ0n) is 9.63. The number of nitrogens with two attached hydrogens (primary N) is 1. The van der Waals surface area contributed by atoms with Gasteiger partial charge in [0, 0.05) is 13.0 Å². The molecule has 0 aromatic carbocycles. The quantitative estimate of drug-likeness (QED) is 0.667. The first-order valence-corrected chi connectivity index (χ1v) is 5.04. The van der Waals surface area contributed by atoms with Gasteiger partial charge in [-0.15, -0.1) is 0 Å². The summed E-state index contributed by atoms with van der Waals surface area (Å²) in [4.78, 5) is 21.9. The van der Waals surface area contributed by atoms with E-state index in [0.717, 1.165) is 0 Å². The van der Waals surface area contributed by atoms with Gasteiger partial charge in [-0.05, 0) is 27.2 Å². The average molecular weight is 216 g/mol. The van der Waals surface area contributed by atoms with Gasteiger partial charge in [0.1, 0.15) is 11.4 Å². The van der Waals surface area contributed by atoms with Gasteiger partial charge in [-0.1, -0.05) is 0 Å². The molecule has 0 spiro atoms. The molecule has 0 atom stereocenters. The van der Waals surface area contributed by atoms with Crippen LogP contribution in [0.3, 0.4) is 0 Å². The van der Waals surface area contributed by atoms with Crippen molar-refractivity contribution < 1.29 is 14.3 Å². The molecule has 5 nitrogen and oxygen atoms in total. The highest BCUT2D eigenvalue weighted by molar-refractivity contribution is 5.80. The van der Waals surface area contributed by atoms with Gasteiger partial charge in [-0.2, -0.15) is 0 Å². The zero-order chi connectivity index (χ0) is 11.9. The third kappa shape index (κ3) is 9.21. The van der Waals surface area contributed by atoms with E-state index in [1.807, 2.05) is 0 Å². The molecule has 0 aliphatic heterocycles. The molecule has 0 aromatic heterocycles. The maximum Gasteiger partial charge on any atom is 0.407 e. The Morgan fingerprint density at radius 3 is 2.40 bits per heavy atom. The van der Waals surface area contributed by atoms with Crippen LogP contribution < -0.4 is 11.1 Å². The third-order valence-electron chi connectivity index (χ3n) is 1.53. The standard InChI is InChI=1S/C10H20N2O3/c1-10(2,3)15-9(14)12-6-4-5-8(13)7-11/h4-7,11H2,1-3H3,(H,12,14). The van der Waals surface area contributed by atoms with E-state index in [2.05, 4.69) is 5.32 Å². The summed E-state index contributed by atoms with van der Waals surface area (Å²) < 4.78 is 5.01. The Morgan fingerprint density at radius 1 is 1.33 bits per heavy atom. The fourth-order valence-corrected chi connectivity index (χ4v) is 0.892. The van der Waals surface area contributed by atoms with Gasteiger partial charge in [-0.25, -0.2) is 4.79 Å². The van der Waals surface area contributed by atoms with Gasteiger partial charge >= 0.3 is 6.09 Å². The van der Waals surface area contributed by atoms with E-state index in [0.29, 0.717) is 19.4 Å². The largest absolute Gasteiger partial charge is 0.444 e. The molecule has 88 valence electrons. The number of hydrogen-bond donors (Lipinski definition) is 2. The summed E-state index contributed by atoms with van der Waals surface area (Å²) in [6.07, 6.45) is 0.532. The number of Topliss-reactive ketones (excluding diaryl/α,β-unsaturated/α-hetero) is 1. The molecule has 0 radical (unpaired) electrons. The van der Waals surface area contributed by atoms with Crippen LogP contribution >= 0.6 is 0 Å². The molecule has 15 heavy (non-hydrogen) atoms. The summed E-state index contributed by atoms with van der Waals surface area (Å²) in [7, 11) is 0. The molecular weight excluding hydrogens is 196 g/mol. The second-order valence-electron chi connectivity index (χ2n) is 4.28. The Labute approximate surface area is 90.4 Å². The average Bonchev–Trinajstić information content (AvgIpc) is 2.09. The van der Waals surface area contributed by atoms with Crippen molar-refractivity contribution in [2.75, 3.05) is 13.1 Å². The lowest BCUT2D eigenvalue weighted by Gasteiger charge is -2.19. The van der Waals surface area contributed by atoms with Crippen molar-refractivity contribution >= 4 is 11.9 Å². The van der Waals surface area contributed by atoms with Crippen LogP contribution in [-0.4, -0.2) is 30.6 Å². The number of carbonyl (C=O) groups excluding carboxylic acids is 2. The molecule has 0 bridgehead atoms. The van der Waals surface area contributed by atoms with Crippen LogP contribution in [0.4, 0.5) is 4.79 Å². The topological polar surface area (TPSA) is 81.4 Å². The lowest BCUT2D eigenvalue weighted by molar-refractivity contribution is -0.117. The van der Waals surface area contributed by atoms with Crippen LogP contribution in [0.25, 0.3) is 0 Å². The number of alkyl carbamates (subject to hydrolysis) is 1. The molecule has 0 rings (SSSR count). The van der Waals surface area contributed by atoms with Crippen LogP contribution in [0.5, 0.6) is 0 Å². The predicted molar refractivity (Wildman–Crippen MR) is 57.5 cm³/mol. The van der Waals surface area contributed by atoms with Crippen molar-refractivity contribution in [3.05, 3.63) is 0 Å². The van der Waals surface area contributed by atoms with Crippen LogP contribution in [0, 0.1) is 0 Å². The number of hydrogen-bond acceptors (Lipinski definition) is 4. The second kappa shape index (κ2) is 6.40. The first-order chi connectivity index (χ1) is 6.85. The maximum absolute atomic E-state index is 11.1. The van der Waals surface area contributed by atoms with E-state index in [1.165, 1.54) is 0 Å². The highest BCUT2D eigenvalue weighted by atomic mass is 16.6. The number of ether oxygens (including phenoxy) is 1. The predicted octanol–water partition coefficient (Wildman–Crippen LogP) is 0.819. The Kier molecular flexibility index (Phi) is 5.93. The van der Waals surface area contributed by atoms with Crippen LogP contribution in [-0.2, 0) is 9.53 Å². The van der Waals surface area contributed by atoms with E-state index in [1.54, 1.807) is 20.8 Å². The van der Waals surface area contributed by atoms with Crippen molar-refractivity contribution in [2.45, 2.75) is 39.2 Å². The molecule has 3 N–H and O–H groups in total. The summed E-state index contributed by atoms with van der Waals surface area (Å²) >= 11 is 0. The van der Waals surface area contributed by atoms with Crippen molar-refractivity contribution in [3.63, 3.8) is 0 Å². The summed E-state index contributed by atoms with van der Waals surface area (Å²) in [5, 5.41) is 2.56. The number of ketones is 1. The smallest absolute Gasteiger partial charge is 0.407 e. The molecule has 0 saturated carbocycles. The first kappa shape index (κ1) is 13.9. The summed E-state index contributed by atoms with van der Waals surface area (Å²) in [6, 6.07) is 0. The molecule has 1 amide bonds. The van der Waals surface area contributed by atoms with Gasteiger partial charge in [-0.3, -0.25) is 4.79 Å². The fraction of sp³-hybridized carbons (Fsp3) is 0.800. The normalized spacial score (nSPS) is 10.9. The number of rotatable bonds is 5. The Morgan fingerprint density at radius 2 is 1.93 bits per heavy atom. The van der Waals surface area contributed by atoms with E-state index in [9.17, 15) is 9.59 Å². The monoisotopic (exact) mass is 216 g/mol. The molecule has 0 unspecified atom stereocenters. The van der Waals surface area contributed by atoms with Crippen molar-refractivity contribution in [1.29, 1.82) is 0 Å². The molecule has 0 saturated heterocycles. The summed E-state index contributed by atoms with van der Waals surface area (Å²) in [6.45, 7) is 5.88. The molecule has 0 aliphatic rings. The molecule has 0 heterocycles. The van der Waals surface area contributed by atoms with Gasteiger partial charge in [0.25, 0.3) is 0 Å². The van der Waals surface area contributed by atoms with Crippen molar-refractivity contribution in [1.82, 2.24) is 5.32 Å². The van der Waals surface area contributed by atoms with Crippen LogP contribution in [0.2, 0.25) is 0 Å². The lowest BCUT2D eigenvalue weighted by Crippen LogP contribution is -2.33. The van der Waals surface area contributed by atoms with Crippen molar-refractivity contribution in [2.24, 2.45) is 5.73 Å². The Balaban J connectivity index is 3.52. The summed E-state index contributed by atoms with van der Waals surface area (Å²) in [5.74, 6) is 0.000915. The molecule has 5 heteroatoms. The molecule has 0 fully saturated rings. The number of nitrogens with one attached hydrogen (secondary N) is 1. The highest BCUT2D eigenvalue weighted by Crippen LogP contribution is 2.06. The van der Waals surface area contributed by atoms with Gasteiger partial charge < -0.3 is 15.8 Å². The minimum absolute atomic E-state index is 0.000915. The number of amides is 1. The minimum atomic E-state index is -0.489. The van der Waals surface area contributed by atoms with Gasteiger partial charge in [0.2, 0.25) is 0 Å². The van der Waals surface area contributed by atoms with E-state index < -0.39 is 11.7 Å². The SMILES string of the molecule is CC(C)(C)OC(=O)NCCCC(=O)CN. The van der Waals surface area contributed by atoms with Crippen LogP contribution in [0.1, 0.15) is 33.6 Å². The molecule has 0 aromatic rings. The second-order valence-corrected chi connectivity index (χ2v) is 4.28. The molecule has 0 aliphatic carbocycles. The van der Waals surface area contributed by atoms with E-state index in [-0.39, 0.29) is 12.3 Å². The fourth-order valence-electron chi connectivity index (χ4n) is 0.892. The Bertz CT molecular complexity index is 221. The number of carbonyl (C=O) groups is 2. The van der Waals surface area contributed by atoms with Gasteiger partial charge in [0.05, 0.1) is 6.54 Å². The third-order valence-corrected chi connectivity index (χ3v) is 1.53. The minimum Gasteiger partial charge on any atom is -0.444 e. The summed E-state index contributed by atoms with van der Waals surface area (Å²) in [5.41, 5.74) is 4.65. The lowest BCUT2D eigenvalue weighted by atomic mass is 10.2. The zero-order valence-corrected chi connectivity index (χ0v) is 9.63. The Hall–Kier alpha value is -1.10. The van der Waals surface area contributed by atoms with E-state index in [4.69, 9.17) is 10.5 Å². The maximum atomic E-state index is 11.1. The van der Waals surface area contributed by atoms with Crippen LogP contribution in [0.15, 0.2) is 0 Å².